The van der Waals surface area contributed by atoms with Gasteiger partial charge >= 0.3 is 0 Å². The summed E-state index contributed by atoms with van der Waals surface area (Å²) in [5, 5.41) is 3.34. The molecule has 0 aromatic rings. The molecule has 1 nitrogen and oxygen atoms in total. The maximum atomic E-state index is 3.34. The summed E-state index contributed by atoms with van der Waals surface area (Å²) in [6, 6.07) is 0.715. The highest BCUT2D eigenvalue weighted by Gasteiger charge is 2.05. The molecule has 1 N–H and O–H groups in total. The van der Waals surface area contributed by atoms with E-state index < -0.39 is 0 Å². The van der Waals surface area contributed by atoms with Gasteiger partial charge in [0.2, 0.25) is 0 Å². The monoisotopic (exact) mass is 175 g/mol. The second-order valence-electron chi connectivity index (χ2n) is 3.41. The fourth-order valence-corrected chi connectivity index (χ4v) is 1.78. The summed E-state index contributed by atoms with van der Waals surface area (Å²) in [6.45, 7) is 4.57. The summed E-state index contributed by atoms with van der Waals surface area (Å²) in [7, 11) is 2.06. The number of hydrogen-bond donors (Lipinski definition) is 1. The average Bonchev–Trinajstić information content (AvgIpc) is 1.97. The number of rotatable bonds is 6. The largest absolute Gasteiger partial charge is 0.316 e. The molecule has 0 heterocycles. The first kappa shape index (κ1) is 11.3. The lowest BCUT2D eigenvalue weighted by Crippen LogP contribution is -2.27. The van der Waals surface area contributed by atoms with E-state index in [0.29, 0.717) is 6.04 Å². The third-order valence-electron chi connectivity index (χ3n) is 1.87. The van der Waals surface area contributed by atoms with Crippen LogP contribution in [0.25, 0.3) is 0 Å². The van der Waals surface area contributed by atoms with E-state index in [2.05, 4.69) is 32.5 Å². The van der Waals surface area contributed by atoms with Crippen molar-refractivity contribution in [3.63, 3.8) is 0 Å². The van der Waals surface area contributed by atoms with Gasteiger partial charge in [-0.25, -0.2) is 0 Å². The molecular formula is C9H21NS. The molecule has 0 fully saturated rings. The van der Waals surface area contributed by atoms with Crippen LogP contribution in [0.4, 0.5) is 0 Å². The SMILES string of the molecule is CNC(CCC(C)C)CSC. The minimum Gasteiger partial charge on any atom is -0.316 e. The third kappa shape index (κ3) is 6.70. The quantitative estimate of drug-likeness (QED) is 0.665. The molecule has 0 radical (unpaired) electrons. The summed E-state index contributed by atoms with van der Waals surface area (Å²) in [5.41, 5.74) is 0. The summed E-state index contributed by atoms with van der Waals surface area (Å²) in [4.78, 5) is 0. The van der Waals surface area contributed by atoms with Crippen molar-refractivity contribution in [3.05, 3.63) is 0 Å². The predicted octanol–water partition coefficient (Wildman–Crippen LogP) is 2.37. The third-order valence-corrected chi connectivity index (χ3v) is 2.60. The van der Waals surface area contributed by atoms with Crippen molar-refractivity contribution in [2.24, 2.45) is 5.92 Å². The highest BCUT2D eigenvalue weighted by Crippen LogP contribution is 2.09. The smallest absolute Gasteiger partial charge is 0.0155 e. The zero-order chi connectivity index (χ0) is 8.69. The van der Waals surface area contributed by atoms with Crippen LogP contribution in [-0.4, -0.2) is 25.1 Å². The Hall–Kier alpha value is 0.310. The second kappa shape index (κ2) is 6.99. The topological polar surface area (TPSA) is 12.0 Å². The van der Waals surface area contributed by atoms with E-state index in [1.54, 1.807) is 0 Å². The molecule has 11 heavy (non-hydrogen) atoms. The Morgan fingerprint density at radius 3 is 2.27 bits per heavy atom. The normalized spacial score (nSPS) is 13.9. The Kier molecular flexibility index (Phi) is 7.18. The van der Waals surface area contributed by atoms with E-state index in [1.807, 2.05) is 11.8 Å². The van der Waals surface area contributed by atoms with Crippen LogP contribution in [0.5, 0.6) is 0 Å². The molecule has 0 bridgehead atoms. The van der Waals surface area contributed by atoms with E-state index in [0.717, 1.165) is 5.92 Å². The molecule has 1 unspecified atom stereocenters. The first-order chi connectivity index (χ1) is 5.20. The molecule has 1 atom stereocenters. The van der Waals surface area contributed by atoms with Crippen LogP contribution in [0.1, 0.15) is 26.7 Å². The van der Waals surface area contributed by atoms with Crippen LogP contribution in [0, 0.1) is 5.92 Å². The molecule has 0 aliphatic carbocycles. The van der Waals surface area contributed by atoms with E-state index in [9.17, 15) is 0 Å². The molecule has 68 valence electrons. The van der Waals surface area contributed by atoms with Gasteiger partial charge in [0.05, 0.1) is 0 Å². The van der Waals surface area contributed by atoms with Gasteiger partial charge in [0, 0.05) is 11.8 Å². The lowest BCUT2D eigenvalue weighted by Gasteiger charge is -2.15. The van der Waals surface area contributed by atoms with Gasteiger partial charge in [-0.1, -0.05) is 13.8 Å². The molecule has 0 saturated heterocycles. The van der Waals surface area contributed by atoms with Crippen molar-refractivity contribution in [1.29, 1.82) is 0 Å². The molecule has 0 amide bonds. The van der Waals surface area contributed by atoms with E-state index in [-0.39, 0.29) is 0 Å². The van der Waals surface area contributed by atoms with Crippen LogP contribution in [-0.2, 0) is 0 Å². The van der Waals surface area contributed by atoms with Gasteiger partial charge in [0.15, 0.2) is 0 Å². The van der Waals surface area contributed by atoms with Gasteiger partial charge in [-0.05, 0) is 32.1 Å². The second-order valence-corrected chi connectivity index (χ2v) is 4.32. The molecule has 0 spiro atoms. The van der Waals surface area contributed by atoms with Gasteiger partial charge in [-0.3, -0.25) is 0 Å². The highest BCUT2D eigenvalue weighted by atomic mass is 32.2. The van der Waals surface area contributed by atoms with Crippen LogP contribution in [0.2, 0.25) is 0 Å². The minimum atomic E-state index is 0.715. The lowest BCUT2D eigenvalue weighted by atomic mass is 10.0. The van der Waals surface area contributed by atoms with E-state index in [1.165, 1.54) is 18.6 Å². The molecule has 0 aromatic carbocycles. The van der Waals surface area contributed by atoms with Gasteiger partial charge in [0.1, 0.15) is 0 Å². The van der Waals surface area contributed by atoms with Crippen molar-refractivity contribution < 1.29 is 0 Å². The Balaban J connectivity index is 3.35. The number of thioether (sulfide) groups is 1. The Morgan fingerprint density at radius 1 is 1.27 bits per heavy atom. The zero-order valence-electron chi connectivity index (χ0n) is 8.18. The van der Waals surface area contributed by atoms with Crippen molar-refractivity contribution in [3.8, 4) is 0 Å². The van der Waals surface area contributed by atoms with Gasteiger partial charge in [-0.15, -0.1) is 0 Å². The van der Waals surface area contributed by atoms with Crippen molar-refractivity contribution in [2.75, 3.05) is 19.1 Å². The maximum absolute atomic E-state index is 3.34. The standard InChI is InChI=1S/C9H21NS/c1-8(2)5-6-9(10-3)7-11-4/h8-10H,5-7H2,1-4H3. The average molecular weight is 175 g/mol. The fourth-order valence-electron chi connectivity index (χ4n) is 1.05. The molecule has 0 aliphatic heterocycles. The van der Waals surface area contributed by atoms with Crippen LogP contribution >= 0.6 is 11.8 Å². The fraction of sp³-hybridized carbons (Fsp3) is 1.00. The van der Waals surface area contributed by atoms with Crippen molar-refractivity contribution >= 4 is 11.8 Å². The summed E-state index contributed by atoms with van der Waals surface area (Å²) >= 11 is 1.92. The Labute approximate surface area is 75.3 Å². The van der Waals surface area contributed by atoms with Crippen LogP contribution in [0.3, 0.4) is 0 Å². The lowest BCUT2D eigenvalue weighted by molar-refractivity contribution is 0.479. The van der Waals surface area contributed by atoms with Crippen LogP contribution < -0.4 is 5.32 Å². The molecule has 2 heteroatoms. The number of hydrogen-bond acceptors (Lipinski definition) is 2. The first-order valence-electron chi connectivity index (χ1n) is 4.37. The summed E-state index contributed by atoms with van der Waals surface area (Å²) < 4.78 is 0. The maximum Gasteiger partial charge on any atom is 0.0155 e. The minimum absolute atomic E-state index is 0.715. The molecule has 0 saturated carbocycles. The molecule has 0 aliphatic rings. The summed E-state index contributed by atoms with van der Waals surface area (Å²) in [6.07, 6.45) is 4.82. The van der Waals surface area contributed by atoms with Gasteiger partial charge in [0.25, 0.3) is 0 Å². The molecule has 0 aromatic heterocycles. The van der Waals surface area contributed by atoms with Crippen LogP contribution in [0.15, 0.2) is 0 Å². The van der Waals surface area contributed by atoms with E-state index >= 15 is 0 Å². The molecular weight excluding hydrogens is 154 g/mol. The first-order valence-corrected chi connectivity index (χ1v) is 5.76. The predicted molar refractivity (Wildman–Crippen MR) is 55.3 cm³/mol. The van der Waals surface area contributed by atoms with Crippen molar-refractivity contribution in [2.45, 2.75) is 32.7 Å². The number of nitrogens with one attached hydrogen (secondary N) is 1. The highest BCUT2D eigenvalue weighted by molar-refractivity contribution is 7.98. The van der Waals surface area contributed by atoms with E-state index in [4.69, 9.17) is 0 Å². The van der Waals surface area contributed by atoms with Gasteiger partial charge < -0.3 is 5.32 Å². The zero-order valence-corrected chi connectivity index (χ0v) is 9.00. The Morgan fingerprint density at radius 2 is 1.91 bits per heavy atom. The van der Waals surface area contributed by atoms with Crippen molar-refractivity contribution in [1.82, 2.24) is 5.32 Å². The molecule has 0 rings (SSSR count). The summed E-state index contributed by atoms with van der Waals surface area (Å²) in [5.74, 6) is 2.08. The Bertz CT molecular complexity index is 83.6. The van der Waals surface area contributed by atoms with Gasteiger partial charge in [-0.2, -0.15) is 11.8 Å².